The molecule has 1 saturated heterocycles. The molecule has 0 aromatic carbocycles. The van der Waals surface area contributed by atoms with Crippen molar-refractivity contribution in [3.8, 4) is 0 Å². The van der Waals surface area contributed by atoms with Crippen LogP contribution in [0.15, 0.2) is 0 Å². The molecule has 0 aromatic heterocycles. The summed E-state index contributed by atoms with van der Waals surface area (Å²) in [6.07, 6.45) is 4.15. The number of hydrogen-bond donors (Lipinski definition) is 0. The highest BCUT2D eigenvalue weighted by Crippen LogP contribution is 2.22. The van der Waals surface area contributed by atoms with Crippen LogP contribution in [0.25, 0.3) is 0 Å². The van der Waals surface area contributed by atoms with Gasteiger partial charge in [-0.3, -0.25) is 4.90 Å². The average molecular weight is 185 g/mol. The van der Waals surface area contributed by atoms with Crippen LogP contribution in [-0.2, 0) is 4.74 Å². The number of methoxy groups -OCH3 is 1. The second-order valence-electron chi connectivity index (χ2n) is 4.34. The number of nitrogens with zero attached hydrogens (tertiary/aromatic N) is 1. The Bertz CT molecular complexity index is 136. The fourth-order valence-corrected chi connectivity index (χ4v) is 2.26. The molecule has 78 valence electrons. The van der Waals surface area contributed by atoms with Crippen molar-refractivity contribution in [1.29, 1.82) is 0 Å². The minimum atomic E-state index is 0.789. The van der Waals surface area contributed by atoms with E-state index < -0.39 is 0 Å². The first-order valence-corrected chi connectivity index (χ1v) is 5.48. The summed E-state index contributed by atoms with van der Waals surface area (Å²) < 4.78 is 5.13. The van der Waals surface area contributed by atoms with Crippen LogP contribution in [0.2, 0.25) is 0 Å². The maximum Gasteiger partial charge on any atom is 0.0589 e. The van der Waals surface area contributed by atoms with Crippen LogP contribution in [0.5, 0.6) is 0 Å². The van der Waals surface area contributed by atoms with Crippen molar-refractivity contribution >= 4 is 0 Å². The SMILES string of the molecule is COCCN1CCCCC1C(C)C. The van der Waals surface area contributed by atoms with Crippen LogP contribution in [0, 0.1) is 5.92 Å². The van der Waals surface area contributed by atoms with Gasteiger partial charge in [-0.25, -0.2) is 0 Å². The third kappa shape index (κ3) is 3.28. The third-order valence-electron chi connectivity index (χ3n) is 3.02. The second-order valence-corrected chi connectivity index (χ2v) is 4.34. The predicted molar refractivity (Wildman–Crippen MR) is 55.9 cm³/mol. The number of hydrogen-bond acceptors (Lipinski definition) is 2. The largest absolute Gasteiger partial charge is 0.383 e. The standard InChI is InChI=1S/C11H23NO/c1-10(2)11-6-4-5-7-12(11)8-9-13-3/h10-11H,4-9H2,1-3H3. The van der Waals surface area contributed by atoms with E-state index >= 15 is 0 Å². The Balaban J connectivity index is 2.37. The summed E-state index contributed by atoms with van der Waals surface area (Å²) in [7, 11) is 1.79. The Labute approximate surface area is 82.3 Å². The summed E-state index contributed by atoms with van der Waals surface area (Å²) in [6, 6.07) is 0.795. The molecule has 1 unspecified atom stereocenters. The Morgan fingerprint density at radius 1 is 1.38 bits per heavy atom. The molecule has 0 spiro atoms. The number of piperidine rings is 1. The normalized spacial score (nSPS) is 25.4. The van der Waals surface area contributed by atoms with Crippen LogP contribution in [-0.4, -0.2) is 37.7 Å². The Kier molecular flexibility index (Phi) is 4.74. The average Bonchev–Trinajstić information content (AvgIpc) is 2.15. The molecule has 0 amide bonds. The third-order valence-corrected chi connectivity index (χ3v) is 3.02. The van der Waals surface area contributed by atoms with E-state index in [2.05, 4.69) is 18.7 Å². The minimum absolute atomic E-state index is 0.789. The molecule has 0 N–H and O–H groups in total. The zero-order valence-electron chi connectivity index (χ0n) is 9.25. The molecule has 1 aliphatic heterocycles. The Hall–Kier alpha value is -0.0800. The summed E-state index contributed by atoms with van der Waals surface area (Å²) >= 11 is 0. The summed E-state index contributed by atoms with van der Waals surface area (Å²) in [5, 5.41) is 0. The van der Waals surface area contributed by atoms with Crippen molar-refractivity contribution in [2.45, 2.75) is 39.2 Å². The molecule has 1 atom stereocenters. The van der Waals surface area contributed by atoms with Crippen molar-refractivity contribution < 1.29 is 4.74 Å². The summed E-state index contributed by atoms with van der Waals surface area (Å²) in [6.45, 7) is 7.92. The van der Waals surface area contributed by atoms with Gasteiger partial charge in [-0.2, -0.15) is 0 Å². The first kappa shape index (κ1) is 11.0. The lowest BCUT2D eigenvalue weighted by molar-refractivity contribution is 0.0748. The van der Waals surface area contributed by atoms with Crippen molar-refractivity contribution in [3.63, 3.8) is 0 Å². The van der Waals surface area contributed by atoms with Gasteiger partial charge in [0.1, 0.15) is 0 Å². The van der Waals surface area contributed by atoms with Gasteiger partial charge in [-0.1, -0.05) is 20.3 Å². The topological polar surface area (TPSA) is 12.5 Å². The number of ether oxygens (including phenoxy) is 1. The van der Waals surface area contributed by atoms with E-state index in [1.54, 1.807) is 7.11 Å². The predicted octanol–water partition coefficient (Wildman–Crippen LogP) is 2.14. The zero-order chi connectivity index (χ0) is 9.68. The van der Waals surface area contributed by atoms with E-state index in [1.807, 2.05) is 0 Å². The van der Waals surface area contributed by atoms with Crippen LogP contribution >= 0.6 is 0 Å². The summed E-state index contributed by atoms with van der Waals surface area (Å²) in [5.74, 6) is 0.789. The second kappa shape index (κ2) is 5.61. The maximum atomic E-state index is 5.13. The summed E-state index contributed by atoms with van der Waals surface area (Å²) in [5.41, 5.74) is 0. The monoisotopic (exact) mass is 185 g/mol. The van der Waals surface area contributed by atoms with Gasteiger partial charge in [-0.15, -0.1) is 0 Å². The molecule has 1 rings (SSSR count). The van der Waals surface area contributed by atoms with Crippen molar-refractivity contribution in [1.82, 2.24) is 4.90 Å². The Morgan fingerprint density at radius 3 is 2.77 bits per heavy atom. The quantitative estimate of drug-likeness (QED) is 0.665. The first-order chi connectivity index (χ1) is 6.25. The molecule has 1 aliphatic rings. The van der Waals surface area contributed by atoms with Gasteiger partial charge in [-0.05, 0) is 25.3 Å². The van der Waals surface area contributed by atoms with E-state index in [0.29, 0.717) is 0 Å². The fraction of sp³-hybridized carbons (Fsp3) is 1.00. The van der Waals surface area contributed by atoms with Gasteiger partial charge in [0.15, 0.2) is 0 Å². The fourth-order valence-electron chi connectivity index (χ4n) is 2.26. The maximum absolute atomic E-state index is 5.13. The van der Waals surface area contributed by atoms with Gasteiger partial charge in [0.2, 0.25) is 0 Å². The van der Waals surface area contributed by atoms with Crippen molar-refractivity contribution in [2.24, 2.45) is 5.92 Å². The molecule has 2 nitrogen and oxygen atoms in total. The highest BCUT2D eigenvalue weighted by atomic mass is 16.5. The molecule has 0 radical (unpaired) electrons. The van der Waals surface area contributed by atoms with E-state index in [9.17, 15) is 0 Å². The highest BCUT2D eigenvalue weighted by Gasteiger charge is 2.24. The van der Waals surface area contributed by atoms with Crippen molar-refractivity contribution in [2.75, 3.05) is 26.8 Å². The molecule has 1 fully saturated rings. The molecule has 0 aliphatic carbocycles. The van der Waals surface area contributed by atoms with Crippen LogP contribution in [0.4, 0.5) is 0 Å². The van der Waals surface area contributed by atoms with Gasteiger partial charge < -0.3 is 4.74 Å². The van der Waals surface area contributed by atoms with Crippen molar-refractivity contribution in [3.05, 3.63) is 0 Å². The Morgan fingerprint density at radius 2 is 2.15 bits per heavy atom. The molecule has 0 bridgehead atoms. The molecular formula is C11H23NO. The minimum Gasteiger partial charge on any atom is -0.383 e. The van der Waals surface area contributed by atoms with Gasteiger partial charge in [0.25, 0.3) is 0 Å². The highest BCUT2D eigenvalue weighted by molar-refractivity contribution is 4.78. The lowest BCUT2D eigenvalue weighted by Crippen LogP contribution is -2.44. The molecule has 0 saturated carbocycles. The van der Waals surface area contributed by atoms with Gasteiger partial charge in [0, 0.05) is 19.7 Å². The molecule has 2 heteroatoms. The molecule has 1 heterocycles. The molecule has 0 aromatic rings. The lowest BCUT2D eigenvalue weighted by atomic mass is 9.93. The summed E-state index contributed by atoms with van der Waals surface area (Å²) in [4.78, 5) is 2.59. The van der Waals surface area contributed by atoms with E-state index in [-0.39, 0.29) is 0 Å². The van der Waals surface area contributed by atoms with Crippen LogP contribution in [0.1, 0.15) is 33.1 Å². The number of likely N-dealkylation sites (tertiary alicyclic amines) is 1. The van der Waals surface area contributed by atoms with E-state index in [0.717, 1.165) is 25.1 Å². The van der Waals surface area contributed by atoms with Gasteiger partial charge in [0.05, 0.1) is 6.61 Å². The zero-order valence-corrected chi connectivity index (χ0v) is 9.25. The van der Waals surface area contributed by atoms with Crippen LogP contribution < -0.4 is 0 Å². The molecular weight excluding hydrogens is 162 g/mol. The van der Waals surface area contributed by atoms with E-state index in [1.165, 1.54) is 25.8 Å². The first-order valence-electron chi connectivity index (χ1n) is 5.48. The number of rotatable bonds is 4. The van der Waals surface area contributed by atoms with Gasteiger partial charge >= 0.3 is 0 Å². The smallest absolute Gasteiger partial charge is 0.0589 e. The molecule has 13 heavy (non-hydrogen) atoms. The lowest BCUT2D eigenvalue weighted by Gasteiger charge is -2.38. The van der Waals surface area contributed by atoms with E-state index in [4.69, 9.17) is 4.74 Å². The van der Waals surface area contributed by atoms with Crippen LogP contribution in [0.3, 0.4) is 0 Å².